The zero-order chi connectivity index (χ0) is 20.3. The molecule has 0 heterocycles. The van der Waals surface area contributed by atoms with Crippen molar-refractivity contribution in [1.29, 1.82) is 0 Å². The molecule has 148 valence electrons. The van der Waals surface area contributed by atoms with Gasteiger partial charge in [-0.25, -0.2) is 0 Å². The highest BCUT2D eigenvalue weighted by Crippen LogP contribution is 2.36. The van der Waals surface area contributed by atoms with Gasteiger partial charge in [0.15, 0.2) is 0 Å². The summed E-state index contributed by atoms with van der Waals surface area (Å²) in [5.74, 6) is -1.31. The molecule has 2 atom stereocenters. The van der Waals surface area contributed by atoms with E-state index < -0.39 is 35.0 Å². The fourth-order valence-corrected chi connectivity index (χ4v) is 2.73. The number of carboxylic acid groups (broad SMARTS) is 1. The van der Waals surface area contributed by atoms with E-state index in [1.807, 2.05) is 0 Å². The van der Waals surface area contributed by atoms with Crippen LogP contribution in [0.1, 0.15) is 49.8 Å². The maximum Gasteiger partial charge on any atom is 0.416 e. The minimum absolute atomic E-state index is 0.0195. The van der Waals surface area contributed by atoms with E-state index >= 15 is 0 Å². The molecule has 0 saturated heterocycles. The smallest absolute Gasteiger partial charge is 0.416 e. The van der Waals surface area contributed by atoms with Crippen LogP contribution in [0.2, 0.25) is 0 Å². The zero-order valence-corrected chi connectivity index (χ0v) is 14.3. The van der Waals surface area contributed by atoms with Gasteiger partial charge in [0.2, 0.25) is 0 Å². The fourth-order valence-electron chi connectivity index (χ4n) is 2.73. The first-order valence-electron chi connectivity index (χ1n) is 7.93. The Labute approximate surface area is 147 Å². The summed E-state index contributed by atoms with van der Waals surface area (Å²) in [6.45, 7) is 3.09. The summed E-state index contributed by atoms with van der Waals surface area (Å²) in [5, 5.41) is 8.97. The van der Waals surface area contributed by atoms with E-state index in [1.165, 1.54) is 6.92 Å². The van der Waals surface area contributed by atoms with Crippen molar-refractivity contribution in [3.8, 4) is 0 Å². The highest BCUT2D eigenvalue weighted by atomic mass is 19.4. The Kier molecular flexibility index (Phi) is 6.73. The summed E-state index contributed by atoms with van der Waals surface area (Å²) < 4.78 is 76.9. The number of hydrogen-bond donors (Lipinski definition) is 2. The van der Waals surface area contributed by atoms with E-state index in [0.717, 1.165) is 0 Å². The predicted molar refractivity (Wildman–Crippen MR) is 83.4 cm³/mol. The van der Waals surface area contributed by atoms with Crippen LogP contribution in [-0.4, -0.2) is 16.6 Å². The summed E-state index contributed by atoms with van der Waals surface area (Å²) in [4.78, 5) is 11.0. The molecule has 0 aliphatic rings. The number of carbonyl (C=O) groups is 1. The lowest BCUT2D eigenvalue weighted by Gasteiger charge is -2.23. The quantitative estimate of drug-likeness (QED) is 0.658. The molecule has 0 saturated carbocycles. The van der Waals surface area contributed by atoms with Crippen molar-refractivity contribution in [2.75, 3.05) is 0 Å². The number of carboxylic acids is 1. The standard InChI is InChI=1S/C17H21F6NO2/c1-10(9-15(2,24)14(25)26)4-3-5-11-6-12(16(18,19)20)8-13(7-11)17(21,22)23/h6-8,10H,3-5,9,24H2,1-2H3,(H,25,26). The van der Waals surface area contributed by atoms with E-state index in [9.17, 15) is 31.1 Å². The molecule has 1 rings (SSSR count). The minimum atomic E-state index is -4.87. The molecule has 0 fully saturated rings. The van der Waals surface area contributed by atoms with E-state index in [4.69, 9.17) is 10.8 Å². The van der Waals surface area contributed by atoms with Gasteiger partial charge in [0.25, 0.3) is 0 Å². The molecule has 2 unspecified atom stereocenters. The average Bonchev–Trinajstić information content (AvgIpc) is 2.44. The molecule has 0 aromatic heterocycles. The minimum Gasteiger partial charge on any atom is -0.480 e. The van der Waals surface area contributed by atoms with Crippen molar-refractivity contribution in [3.63, 3.8) is 0 Å². The normalized spacial score (nSPS) is 16.2. The summed E-state index contributed by atoms with van der Waals surface area (Å²) in [6.07, 6.45) is -8.82. The third-order valence-corrected chi connectivity index (χ3v) is 4.07. The highest BCUT2D eigenvalue weighted by molar-refractivity contribution is 5.77. The molecule has 1 aromatic carbocycles. The first-order chi connectivity index (χ1) is 11.6. The third-order valence-electron chi connectivity index (χ3n) is 4.07. The molecule has 0 aliphatic carbocycles. The number of rotatable bonds is 7. The van der Waals surface area contributed by atoms with Crippen LogP contribution in [0.4, 0.5) is 26.3 Å². The molecule has 0 aliphatic heterocycles. The van der Waals surface area contributed by atoms with E-state index in [0.29, 0.717) is 25.0 Å². The summed E-state index contributed by atoms with van der Waals surface area (Å²) in [5.41, 5.74) is 1.46. The molecule has 1 aromatic rings. The van der Waals surface area contributed by atoms with Gasteiger partial charge in [-0.2, -0.15) is 26.3 Å². The van der Waals surface area contributed by atoms with Crippen molar-refractivity contribution in [3.05, 3.63) is 34.9 Å². The van der Waals surface area contributed by atoms with Gasteiger partial charge in [-0.3, -0.25) is 4.79 Å². The van der Waals surface area contributed by atoms with Gasteiger partial charge in [0.1, 0.15) is 5.54 Å². The number of hydrogen-bond acceptors (Lipinski definition) is 2. The van der Waals surface area contributed by atoms with E-state index in [1.54, 1.807) is 6.92 Å². The number of halogens is 6. The SMILES string of the molecule is CC(CCCc1cc(C(F)(F)F)cc(C(F)(F)F)c1)CC(C)(N)C(=O)O. The second-order valence-electron chi connectivity index (χ2n) is 6.84. The van der Waals surface area contributed by atoms with Crippen molar-refractivity contribution in [1.82, 2.24) is 0 Å². The van der Waals surface area contributed by atoms with E-state index in [2.05, 4.69) is 0 Å². The number of benzene rings is 1. The van der Waals surface area contributed by atoms with Crippen LogP contribution in [0.15, 0.2) is 18.2 Å². The van der Waals surface area contributed by atoms with Gasteiger partial charge in [-0.1, -0.05) is 13.3 Å². The maximum absolute atomic E-state index is 12.8. The molecular weight excluding hydrogens is 364 g/mol. The molecule has 0 bridgehead atoms. The van der Waals surface area contributed by atoms with Crippen LogP contribution >= 0.6 is 0 Å². The Hall–Kier alpha value is -1.77. The van der Waals surface area contributed by atoms with Gasteiger partial charge in [0.05, 0.1) is 11.1 Å². The monoisotopic (exact) mass is 385 g/mol. The summed E-state index contributed by atoms with van der Waals surface area (Å²) in [7, 11) is 0. The Morgan fingerprint density at radius 2 is 1.54 bits per heavy atom. The fraction of sp³-hybridized carbons (Fsp3) is 0.588. The molecule has 9 heteroatoms. The summed E-state index contributed by atoms with van der Waals surface area (Å²) >= 11 is 0. The number of aryl methyl sites for hydroxylation is 1. The zero-order valence-electron chi connectivity index (χ0n) is 14.3. The van der Waals surface area contributed by atoms with Gasteiger partial charge < -0.3 is 10.8 Å². The van der Waals surface area contributed by atoms with Gasteiger partial charge in [0, 0.05) is 0 Å². The Bertz CT molecular complexity index is 605. The summed E-state index contributed by atoms with van der Waals surface area (Å²) in [6, 6.07) is 1.52. The van der Waals surface area contributed by atoms with Gasteiger partial charge >= 0.3 is 18.3 Å². The lowest BCUT2D eigenvalue weighted by atomic mass is 9.87. The largest absolute Gasteiger partial charge is 0.480 e. The number of alkyl halides is 6. The Balaban J connectivity index is 2.82. The van der Waals surface area contributed by atoms with Crippen LogP contribution < -0.4 is 5.73 Å². The number of aliphatic carboxylic acids is 1. The first kappa shape index (κ1) is 22.3. The second-order valence-corrected chi connectivity index (χ2v) is 6.84. The van der Waals surface area contributed by atoms with Gasteiger partial charge in [-0.15, -0.1) is 0 Å². The number of nitrogens with two attached hydrogens (primary N) is 1. The molecule has 26 heavy (non-hydrogen) atoms. The molecular formula is C17H21F6NO2. The predicted octanol–water partition coefficient (Wildman–Crippen LogP) is 4.88. The highest BCUT2D eigenvalue weighted by Gasteiger charge is 2.36. The first-order valence-corrected chi connectivity index (χ1v) is 7.93. The van der Waals surface area contributed by atoms with Crippen LogP contribution in [0, 0.1) is 5.92 Å². The molecule has 0 spiro atoms. The van der Waals surface area contributed by atoms with Crippen molar-refractivity contribution >= 4 is 5.97 Å². The van der Waals surface area contributed by atoms with Crippen molar-refractivity contribution in [2.24, 2.45) is 11.7 Å². The topological polar surface area (TPSA) is 63.3 Å². The van der Waals surface area contributed by atoms with Crippen LogP contribution in [0.25, 0.3) is 0 Å². The van der Waals surface area contributed by atoms with Crippen molar-refractivity contribution < 1.29 is 36.2 Å². The second kappa shape index (κ2) is 7.85. The Morgan fingerprint density at radius 3 is 1.92 bits per heavy atom. The molecule has 3 nitrogen and oxygen atoms in total. The van der Waals surface area contributed by atoms with E-state index in [-0.39, 0.29) is 30.4 Å². The molecule has 0 amide bonds. The maximum atomic E-state index is 12.8. The van der Waals surface area contributed by atoms with Crippen LogP contribution in [0.5, 0.6) is 0 Å². The molecule has 0 radical (unpaired) electrons. The third kappa shape index (κ3) is 6.51. The lowest BCUT2D eigenvalue weighted by molar-refractivity contribution is -0.144. The van der Waals surface area contributed by atoms with Crippen molar-refractivity contribution in [2.45, 2.75) is 57.4 Å². The van der Waals surface area contributed by atoms with Gasteiger partial charge in [-0.05, 0) is 55.9 Å². The average molecular weight is 385 g/mol. The van der Waals surface area contributed by atoms with Crippen LogP contribution in [0.3, 0.4) is 0 Å². The Morgan fingerprint density at radius 1 is 1.08 bits per heavy atom. The van der Waals surface area contributed by atoms with Crippen LogP contribution in [-0.2, 0) is 23.6 Å². The lowest BCUT2D eigenvalue weighted by Crippen LogP contribution is -2.46. The molecule has 3 N–H and O–H groups in total.